The van der Waals surface area contributed by atoms with E-state index in [0.717, 1.165) is 43.1 Å². The smallest absolute Gasteiger partial charge is 0.191 e. The molecule has 3 heterocycles. The van der Waals surface area contributed by atoms with E-state index in [9.17, 15) is 8.78 Å². The lowest BCUT2D eigenvalue weighted by Gasteiger charge is -2.20. The highest BCUT2D eigenvalue weighted by Crippen LogP contribution is 2.29. The van der Waals surface area contributed by atoms with Crippen LogP contribution in [0, 0.1) is 11.6 Å². The first-order chi connectivity index (χ1) is 12.7. The standard InChI is InChI=1S/C16H16F2N6OS/c17-13-5-12(24-9-20-22-23-24)6-14(18)15(13)25-7-11-8-26-16(21-11)10-1-3-19-4-2-10/h5-6,8-10,19H,1-4,7H2. The first-order valence-corrected chi connectivity index (χ1v) is 9.09. The average Bonchev–Trinajstić information content (AvgIpc) is 3.34. The van der Waals surface area contributed by atoms with Gasteiger partial charge in [0, 0.05) is 23.4 Å². The number of benzene rings is 1. The van der Waals surface area contributed by atoms with Gasteiger partial charge in [0.05, 0.1) is 16.4 Å². The number of aromatic nitrogens is 5. The summed E-state index contributed by atoms with van der Waals surface area (Å²) in [5.74, 6) is -1.62. The molecule has 0 atom stereocenters. The normalized spacial score (nSPS) is 15.3. The van der Waals surface area contributed by atoms with E-state index >= 15 is 0 Å². The van der Waals surface area contributed by atoms with Crippen molar-refractivity contribution in [3.63, 3.8) is 0 Å². The predicted octanol–water partition coefficient (Wildman–Crippen LogP) is 2.44. The van der Waals surface area contributed by atoms with Crippen molar-refractivity contribution in [2.45, 2.75) is 25.4 Å². The third-order valence-corrected chi connectivity index (χ3v) is 5.27. The molecule has 7 nitrogen and oxygen atoms in total. The van der Waals surface area contributed by atoms with Gasteiger partial charge in [-0.15, -0.1) is 16.4 Å². The fourth-order valence-corrected chi connectivity index (χ4v) is 3.86. The lowest BCUT2D eigenvalue weighted by Crippen LogP contribution is -2.26. The van der Waals surface area contributed by atoms with E-state index < -0.39 is 17.4 Å². The van der Waals surface area contributed by atoms with Gasteiger partial charge in [0.15, 0.2) is 17.4 Å². The van der Waals surface area contributed by atoms with Crippen LogP contribution < -0.4 is 10.1 Å². The van der Waals surface area contributed by atoms with E-state index in [2.05, 4.69) is 25.8 Å². The summed E-state index contributed by atoms with van der Waals surface area (Å²) in [5, 5.41) is 16.7. The molecule has 1 N–H and O–H groups in total. The molecular formula is C16H16F2N6OS. The number of ether oxygens (including phenoxy) is 1. The molecule has 2 aromatic heterocycles. The molecule has 0 bridgehead atoms. The largest absolute Gasteiger partial charge is 0.481 e. The molecule has 0 aliphatic carbocycles. The lowest BCUT2D eigenvalue weighted by molar-refractivity contribution is 0.270. The Bertz CT molecular complexity index is 856. The Morgan fingerprint density at radius 2 is 2.00 bits per heavy atom. The van der Waals surface area contributed by atoms with Gasteiger partial charge in [-0.25, -0.2) is 18.4 Å². The lowest BCUT2D eigenvalue weighted by atomic mass is 9.99. The van der Waals surface area contributed by atoms with Crippen molar-refractivity contribution < 1.29 is 13.5 Å². The first kappa shape index (κ1) is 17.0. The molecule has 0 spiro atoms. The number of nitrogens with zero attached hydrogens (tertiary/aromatic N) is 5. The Hall–Kier alpha value is -2.46. The van der Waals surface area contributed by atoms with E-state index in [1.807, 2.05) is 5.38 Å². The molecular weight excluding hydrogens is 362 g/mol. The molecule has 1 fully saturated rings. The molecule has 1 aliphatic heterocycles. The van der Waals surface area contributed by atoms with Crippen molar-refractivity contribution in [2.75, 3.05) is 13.1 Å². The predicted molar refractivity (Wildman–Crippen MR) is 90.4 cm³/mol. The molecule has 26 heavy (non-hydrogen) atoms. The van der Waals surface area contributed by atoms with Gasteiger partial charge in [-0.2, -0.15) is 0 Å². The topological polar surface area (TPSA) is 77.8 Å². The molecule has 0 unspecified atom stereocenters. The van der Waals surface area contributed by atoms with Crippen molar-refractivity contribution in [1.82, 2.24) is 30.5 Å². The summed E-state index contributed by atoms with van der Waals surface area (Å²) in [6.07, 6.45) is 3.36. The molecule has 0 saturated carbocycles. The van der Waals surface area contributed by atoms with Gasteiger partial charge in [0.1, 0.15) is 12.9 Å². The molecule has 0 radical (unpaired) electrons. The maximum absolute atomic E-state index is 14.2. The monoisotopic (exact) mass is 378 g/mol. The van der Waals surface area contributed by atoms with Crippen LogP contribution in [0.5, 0.6) is 5.75 Å². The number of tetrazole rings is 1. The zero-order chi connectivity index (χ0) is 17.9. The van der Waals surface area contributed by atoms with Gasteiger partial charge in [-0.05, 0) is 36.4 Å². The zero-order valence-electron chi connectivity index (χ0n) is 13.7. The van der Waals surface area contributed by atoms with Gasteiger partial charge >= 0.3 is 0 Å². The number of rotatable bonds is 5. The number of hydrogen-bond donors (Lipinski definition) is 1. The highest BCUT2D eigenvalue weighted by molar-refractivity contribution is 7.09. The van der Waals surface area contributed by atoms with Gasteiger partial charge in [-0.1, -0.05) is 0 Å². The molecule has 10 heteroatoms. The third kappa shape index (κ3) is 3.56. The molecule has 3 aromatic rings. The fraction of sp³-hybridized carbons (Fsp3) is 0.375. The quantitative estimate of drug-likeness (QED) is 0.735. The van der Waals surface area contributed by atoms with Crippen molar-refractivity contribution >= 4 is 11.3 Å². The minimum Gasteiger partial charge on any atom is -0.481 e. The number of hydrogen-bond acceptors (Lipinski definition) is 7. The summed E-state index contributed by atoms with van der Waals surface area (Å²) in [6, 6.07) is 2.24. The summed E-state index contributed by atoms with van der Waals surface area (Å²) in [6.45, 7) is 1.99. The first-order valence-electron chi connectivity index (χ1n) is 8.21. The summed E-state index contributed by atoms with van der Waals surface area (Å²) in [5.41, 5.74) is 0.853. The van der Waals surface area contributed by atoms with Crippen molar-refractivity contribution in [3.05, 3.63) is 46.2 Å². The summed E-state index contributed by atoms with van der Waals surface area (Å²) < 4.78 is 35.0. The highest BCUT2D eigenvalue weighted by Gasteiger charge is 2.19. The van der Waals surface area contributed by atoms with Gasteiger partial charge in [0.2, 0.25) is 0 Å². The summed E-state index contributed by atoms with van der Waals surface area (Å²) in [7, 11) is 0. The van der Waals surface area contributed by atoms with E-state index in [1.54, 1.807) is 11.3 Å². The molecule has 0 amide bonds. The Morgan fingerprint density at radius 1 is 1.23 bits per heavy atom. The second kappa shape index (κ2) is 7.42. The summed E-state index contributed by atoms with van der Waals surface area (Å²) >= 11 is 1.57. The van der Waals surface area contributed by atoms with Crippen LogP contribution in [0.15, 0.2) is 23.8 Å². The number of nitrogens with one attached hydrogen (secondary N) is 1. The van der Waals surface area contributed by atoms with E-state index in [0.29, 0.717) is 11.6 Å². The maximum Gasteiger partial charge on any atom is 0.191 e. The Labute approximate surface area is 152 Å². The average molecular weight is 378 g/mol. The van der Waals surface area contributed by atoms with Gasteiger partial charge in [-0.3, -0.25) is 0 Å². The highest BCUT2D eigenvalue weighted by atomic mass is 32.1. The van der Waals surface area contributed by atoms with Crippen LogP contribution in [0.25, 0.3) is 5.69 Å². The minimum atomic E-state index is -0.815. The second-order valence-corrected chi connectivity index (χ2v) is 6.87. The number of halogens is 2. The molecule has 1 aliphatic rings. The van der Waals surface area contributed by atoms with Crippen molar-refractivity contribution in [2.24, 2.45) is 0 Å². The number of thiazole rings is 1. The van der Waals surface area contributed by atoms with Crippen LogP contribution in [0.3, 0.4) is 0 Å². The van der Waals surface area contributed by atoms with E-state index in [1.165, 1.54) is 11.0 Å². The van der Waals surface area contributed by atoms with Crippen LogP contribution >= 0.6 is 11.3 Å². The van der Waals surface area contributed by atoms with E-state index in [4.69, 9.17) is 4.74 Å². The van der Waals surface area contributed by atoms with Crippen LogP contribution in [0.2, 0.25) is 0 Å². The van der Waals surface area contributed by atoms with Crippen molar-refractivity contribution in [1.29, 1.82) is 0 Å². The maximum atomic E-state index is 14.2. The third-order valence-electron chi connectivity index (χ3n) is 4.22. The Kier molecular flexibility index (Phi) is 4.85. The molecule has 4 rings (SSSR count). The van der Waals surface area contributed by atoms with Crippen LogP contribution in [0.1, 0.15) is 29.5 Å². The van der Waals surface area contributed by atoms with Crippen LogP contribution in [-0.4, -0.2) is 38.3 Å². The van der Waals surface area contributed by atoms with Gasteiger partial charge < -0.3 is 10.1 Å². The second-order valence-electron chi connectivity index (χ2n) is 5.98. The Morgan fingerprint density at radius 3 is 2.69 bits per heavy atom. The molecule has 1 aromatic carbocycles. The van der Waals surface area contributed by atoms with E-state index in [-0.39, 0.29) is 12.3 Å². The molecule has 1 saturated heterocycles. The molecule has 136 valence electrons. The van der Waals surface area contributed by atoms with Crippen LogP contribution in [-0.2, 0) is 6.61 Å². The zero-order valence-corrected chi connectivity index (χ0v) is 14.5. The fourth-order valence-electron chi connectivity index (χ4n) is 2.89. The summed E-state index contributed by atoms with van der Waals surface area (Å²) in [4.78, 5) is 4.56. The SMILES string of the molecule is Fc1cc(-n2cnnn2)cc(F)c1OCc1csc(C2CCNCC2)n1. The minimum absolute atomic E-state index is 0.0134. The number of piperidine rings is 1. The van der Waals surface area contributed by atoms with Crippen LogP contribution in [0.4, 0.5) is 8.78 Å². The Balaban J connectivity index is 1.45. The van der Waals surface area contributed by atoms with Gasteiger partial charge in [0.25, 0.3) is 0 Å². The van der Waals surface area contributed by atoms with Crippen molar-refractivity contribution in [3.8, 4) is 11.4 Å².